The number of hydrogen-bond donors (Lipinski definition) is 1. The number of aliphatic carboxylic acids is 1. The highest BCUT2D eigenvalue weighted by atomic mass is 16.6. The predicted octanol–water partition coefficient (Wildman–Crippen LogP) is 0.909. The van der Waals surface area contributed by atoms with Gasteiger partial charge in [0.05, 0.1) is 5.41 Å². The van der Waals surface area contributed by atoms with Crippen molar-refractivity contribution in [1.29, 1.82) is 0 Å². The zero-order valence-electron chi connectivity index (χ0n) is 8.52. The van der Waals surface area contributed by atoms with Crippen molar-refractivity contribution in [1.82, 2.24) is 0 Å². The van der Waals surface area contributed by atoms with Crippen LogP contribution in [0.4, 0.5) is 0 Å². The van der Waals surface area contributed by atoms with Crippen molar-refractivity contribution in [2.45, 2.75) is 13.8 Å². The Morgan fingerprint density at radius 2 is 1.80 bits per heavy atom. The monoisotopic (exact) mass is 212 g/mol. The largest absolute Gasteiger partial charge is 0.481 e. The van der Waals surface area contributed by atoms with Gasteiger partial charge in [0.15, 0.2) is 0 Å². The minimum atomic E-state index is -0.840. The summed E-state index contributed by atoms with van der Waals surface area (Å²) < 4.78 is 3.97. The van der Waals surface area contributed by atoms with Gasteiger partial charge in [0.2, 0.25) is 0 Å². The number of carbonyl (C=O) groups excluding carboxylic acids is 2. The van der Waals surface area contributed by atoms with E-state index in [9.17, 15) is 14.4 Å². The molecule has 1 aliphatic heterocycles. The highest BCUT2D eigenvalue weighted by molar-refractivity contribution is 6.04. The van der Waals surface area contributed by atoms with E-state index in [-0.39, 0.29) is 0 Å². The molecule has 5 nitrogen and oxygen atoms in total. The van der Waals surface area contributed by atoms with Gasteiger partial charge in [-0.25, -0.2) is 9.59 Å². The normalized spacial score (nSPS) is 14.0. The van der Waals surface area contributed by atoms with Crippen LogP contribution in [-0.4, -0.2) is 23.0 Å². The minimum absolute atomic E-state index is 0.579. The highest BCUT2D eigenvalue weighted by Crippen LogP contribution is 2.14. The lowest BCUT2D eigenvalue weighted by Gasteiger charge is -2.10. The summed E-state index contributed by atoms with van der Waals surface area (Å²) in [6, 6.07) is 0. The first kappa shape index (κ1) is 13.1. The van der Waals surface area contributed by atoms with Gasteiger partial charge in [0.25, 0.3) is 0 Å². The lowest BCUT2D eigenvalue weighted by Crippen LogP contribution is -2.19. The molecule has 0 radical (unpaired) electrons. The Morgan fingerprint density at radius 3 is 1.87 bits per heavy atom. The Morgan fingerprint density at radius 1 is 1.40 bits per heavy atom. The van der Waals surface area contributed by atoms with Crippen molar-refractivity contribution >= 4 is 17.9 Å². The van der Waals surface area contributed by atoms with Crippen LogP contribution in [-0.2, 0) is 19.1 Å². The van der Waals surface area contributed by atoms with Gasteiger partial charge in [0, 0.05) is 12.2 Å². The first-order valence-electron chi connectivity index (χ1n) is 4.10. The fourth-order valence-electron chi connectivity index (χ4n) is 0.391. The van der Waals surface area contributed by atoms with Crippen molar-refractivity contribution in [3.05, 3.63) is 24.8 Å². The highest BCUT2D eigenvalue weighted by Gasteiger charge is 2.21. The van der Waals surface area contributed by atoms with Crippen molar-refractivity contribution < 1.29 is 24.2 Å². The third kappa shape index (κ3) is 4.75. The predicted molar refractivity (Wildman–Crippen MR) is 51.9 cm³/mol. The Labute approximate surface area is 87.0 Å². The third-order valence-electron chi connectivity index (χ3n) is 1.62. The van der Waals surface area contributed by atoms with E-state index in [2.05, 4.69) is 11.3 Å². The zero-order valence-corrected chi connectivity index (χ0v) is 8.52. The molecule has 0 aliphatic carbocycles. The van der Waals surface area contributed by atoms with Gasteiger partial charge in [-0.2, -0.15) is 0 Å². The number of cyclic esters (lactones) is 2. The van der Waals surface area contributed by atoms with Gasteiger partial charge >= 0.3 is 17.9 Å². The number of hydrogen-bond acceptors (Lipinski definition) is 4. The maximum absolute atomic E-state index is 10.2. The molecule has 1 rings (SSSR count). The van der Waals surface area contributed by atoms with E-state index in [1.54, 1.807) is 13.8 Å². The van der Waals surface area contributed by atoms with Crippen LogP contribution < -0.4 is 0 Å². The molecule has 5 heteroatoms. The van der Waals surface area contributed by atoms with E-state index in [1.807, 2.05) is 0 Å². The Balaban J connectivity index is 0.000000262. The number of carboxylic acids is 1. The Bertz CT molecular complexity index is 309. The van der Waals surface area contributed by atoms with E-state index in [4.69, 9.17) is 5.11 Å². The summed E-state index contributed by atoms with van der Waals surface area (Å²) in [7, 11) is 0. The standard InChI is InChI=1S/C6H10O2.C4H2O3/c1-4-6(2,3)5(7)8;5-3-1-2-4(6)7-3/h4H,1H2,2-3H3,(H,7,8);1-2H. The molecule has 0 aromatic carbocycles. The Kier molecular flexibility index (Phi) is 4.44. The van der Waals surface area contributed by atoms with Crippen LogP contribution in [0, 0.1) is 5.41 Å². The van der Waals surface area contributed by atoms with Crippen LogP contribution >= 0.6 is 0 Å². The maximum Gasteiger partial charge on any atom is 0.338 e. The summed E-state index contributed by atoms with van der Waals surface area (Å²) in [4.78, 5) is 30.0. The molecule has 1 aliphatic rings. The van der Waals surface area contributed by atoms with Crippen LogP contribution in [0.5, 0.6) is 0 Å². The molecule has 0 bridgehead atoms. The molecule has 0 unspecified atom stereocenters. The molecule has 0 fully saturated rings. The van der Waals surface area contributed by atoms with Gasteiger partial charge in [0.1, 0.15) is 0 Å². The fraction of sp³-hybridized carbons (Fsp3) is 0.300. The second-order valence-electron chi connectivity index (χ2n) is 3.30. The summed E-state index contributed by atoms with van der Waals surface area (Å²) in [6.07, 6.45) is 3.58. The van der Waals surface area contributed by atoms with E-state index >= 15 is 0 Å². The average Bonchev–Trinajstić information content (AvgIpc) is 2.51. The molecule has 1 heterocycles. The van der Waals surface area contributed by atoms with Crippen molar-refractivity contribution in [2.75, 3.05) is 0 Å². The van der Waals surface area contributed by atoms with E-state index < -0.39 is 23.3 Å². The molecular weight excluding hydrogens is 200 g/mol. The van der Waals surface area contributed by atoms with Gasteiger partial charge in [-0.1, -0.05) is 6.08 Å². The number of esters is 2. The average molecular weight is 212 g/mol. The zero-order chi connectivity index (χ0) is 12.1. The van der Waals surface area contributed by atoms with Crippen LogP contribution in [0.1, 0.15) is 13.8 Å². The van der Waals surface area contributed by atoms with Crippen molar-refractivity contribution in [3.63, 3.8) is 0 Å². The molecule has 0 amide bonds. The number of ether oxygens (including phenoxy) is 1. The second kappa shape index (κ2) is 5.09. The van der Waals surface area contributed by atoms with Crippen molar-refractivity contribution in [3.8, 4) is 0 Å². The molecule has 0 saturated carbocycles. The number of carboxylic acid groups (broad SMARTS) is 1. The molecule has 0 aromatic rings. The molecule has 0 saturated heterocycles. The van der Waals surface area contributed by atoms with Crippen molar-refractivity contribution in [2.24, 2.45) is 5.41 Å². The lowest BCUT2D eigenvalue weighted by atomic mass is 9.95. The summed E-state index contributed by atoms with van der Waals surface area (Å²) in [5.41, 5.74) is -0.778. The van der Waals surface area contributed by atoms with E-state index in [1.165, 1.54) is 6.08 Å². The SMILES string of the molecule is C=CC(C)(C)C(=O)O.O=C1C=CC(=O)O1. The molecule has 1 N–H and O–H groups in total. The van der Waals surface area contributed by atoms with Gasteiger partial charge in [-0.05, 0) is 13.8 Å². The van der Waals surface area contributed by atoms with Crippen LogP contribution in [0.25, 0.3) is 0 Å². The topological polar surface area (TPSA) is 80.7 Å². The molecule has 0 spiro atoms. The summed E-state index contributed by atoms with van der Waals surface area (Å²) in [5.74, 6) is -2.00. The molecule has 0 atom stereocenters. The smallest absolute Gasteiger partial charge is 0.338 e. The number of carbonyl (C=O) groups is 3. The Hall–Kier alpha value is -1.91. The lowest BCUT2D eigenvalue weighted by molar-refractivity contribution is -0.150. The fourth-order valence-corrected chi connectivity index (χ4v) is 0.391. The third-order valence-corrected chi connectivity index (χ3v) is 1.62. The van der Waals surface area contributed by atoms with E-state index in [0.29, 0.717) is 0 Å². The molecule has 82 valence electrons. The summed E-state index contributed by atoms with van der Waals surface area (Å²) >= 11 is 0. The van der Waals surface area contributed by atoms with Gasteiger partial charge in [-0.15, -0.1) is 6.58 Å². The van der Waals surface area contributed by atoms with Gasteiger partial charge < -0.3 is 9.84 Å². The molecule has 15 heavy (non-hydrogen) atoms. The van der Waals surface area contributed by atoms with E-state index in [0.717, 1.165) is 12.2 Å². The summed E-state index contributed by atoms with van der Waals surface area (Å²) in [5, 5.41) is 8.37. The van der Waals surface area contributed by atoms with Crippen LogP contribution in [0.15, 0.2) is 24.8 Å². The minimum Gasteiger partial charge on any atom is -0.481 e. The quantitative estimate of drug-likeness (QED) is 0.418. The first-order valence-corrected chi connectivity index (χ1v) is 4.10. The molecular formula is C10H12O5. The van der Waals surface area contributed by atoms with Gasteiger partial charge in [-0.3, -0.25) is 4.79 Å². The number of rotatable bonds is 2. The second-order valence-corrected chi connectivity index (χ2v) is 3.30. The maximum atomic E-state index is 10.2. The molecule has 0 aromatic heterocycles. The summed E-state index contributed by atoms with van der Waals surface area (Å²) in [6.45, 7) is 6.57. The van der Waals surface area contributed by atoms with Crippen LogP contribution in [0.2, 0.25) is 0 Å². The first-order chi connectivity index (χ1) is 6.79. The van der Waals surface area contributed by atoms with Crippen LogP contribution in [0.3, 0.4) is 0 Å².